The van der Waals surface area contributed by atoms with Crippen LogP contribution in [0.15, 0.2) is 91.0 Å². The first-order valence-corrected chi connectivity index (χ1v) is 9.27. The summed E-state index contributed by atoms with van der Waals surface area (Å²) in [6.45, 7) is -2.05. The second-order valence-corrected chi connectivity index (χ2v) is 8.84. The first kappa shape index (κ1) is 13.4. The summed E-state index contributed by atoms with van der Waals surface area (Å²) in [6, 6.07) is 31.2. The molecule has 0 radical (unpaired) electrons. The molecule has 0 atom stereocenters. The van der Waals surface area contributed by atoms with Crippen LogP contribution in [0.4, 0.5) is 0 Å². The summed E-state index contributed by atoms with van der Waals surface area (Å²) < 4.78 is 0. The van der Waals surface area contributed by atoms with E-state index in [9.17, 15) is 0 Å². The largest absolute Gasteiger partial charge is 1.00 e. The molecule has 0 unspecified atom stereocenters. The van der Waals surface area contributed by atoms with Crippen LogP contribution in [0.1, 0.15) is 1.43 Å². The number of hydrogen-bond donors (Lipinski definition) is 0. The second kappa shape index (κ2) is 5.79. The molecule has 0 saturated carbocycles. The van der Waals surface area contributed by atoms with Crippen LogP contribution in [0.25, 0.3) is 0 Å². The van der Waals surface area contributed by atoms with Gasteiger partial charge in [0.2, 0.25) is 6.62 Å². The van der Waals surface area contributed by atoms with Gasteiger partial charge in [-0.3, -0.25) is 0 Å². The summed E-state index contributed by atoms with van der Waals surface area (Å²) in [6.07, 6.45) is 0. The molecule has 0 saturated heterocycles. The highest BCUT2D eigenvalue weighted by molar-refractivity contribution is 8.14. The number of halogens is 1. The fourth-order valence-corrected chi connectivity index (χ4v) is 6.00. The van der Waals surface area contributed by atoms with Crippen molar-refractivity contribution in [3.63, 3.8) is 0 Å². The van der Waals surface area contributed by atoms with Crippen LogP contribution < -0.4 is 15.9 Å². The Morgan fingerprint density at radius 2 is 0.750 bits per heavy atom. The molecule has 0 spiro atoms. The van der Waals surface area contributed by atoms with Crippen LogP contribution in [-0.4, -0.2) is 0 Å². The lowest BCUT2D eigenvalue weighted by Crippen LogP contribution is -2.26. The Bertz CT molecular complexity index is 575. The molecule has 20 heavy (non-hydrogen) atoms. The molecular formula is C18H16ClP+2. The Labute approximate surface area is 126 Å². The predicted molar refractivity (Wildman–Crippen MR) is 92.1 cm³/mol. The molecule has 0 nitrogen and oxygen atoms in total. The van der Waals surface area contributed by atoms with Gasteiger partial charge < -0.3 is 0 Å². The minimum absolute atomic E-state index is 0. The summed E-state index contributed by atoms with van der Waals surface area (Å²) in [5.74, 6) is 0. The van der Waals surface area contributed by atoms with Gasteiger partial charge in [-0.2, -0.15) is 0 Å². The fourth-order valence-electron chi connectivity index (χ4n) is 2.35. The van der Waals surface area contributed by atoms with Gasteiger partial charge in [-0.15, -0.1) is 0 Å². The van der Waals surface area contributed by atoms with Crippen molar-refractivity contribution in [3.05, 3.63) is 91.0 Å². The minimum atomic E-state index is -2.05. The van der Waals surface area contributed by atoms with E-state index >= 15 is 0 Å². The third-order valence-electron chi connectivity index (χ3n) is 3.34. The predicted octanol–water partition coefficient (Wildman–Crippen LogP) is 4.25. The summed E-state index contributed by atoms with van der Waals surface area (Å²) in [4.78, 5) is 0. The summed E-state index contributed by atoms with van der Waals surface area (Å²) in [7, 11) is 0. The molecule has 3 rings (SSSR count). The van der Waals surface area contributed by atoms with Crippen molar-refractivity contribution >= 4 is 33.8 Å². The average molecular weight is 299 g/mol. The van der Waals surface area contributed by atoms with Gasteiger partial charge in [0.05, 0.1) is 0 Å². The molecule has 0 fully saturated rings. The molecule has 0 aliphatic carbocycles. The Hall–Kier alpha value is -1.62. The van der Waals surface area contributed by atoms with Crippen molar-refractivity contribution in [2.45, 2.75) is 0 Å². The van der Waals surface area contributed by atoms with Gasteiger partial charge in [-0.1, -0.05) is 54.6 Å². The van der Waals surface area contributed by atoms with Crippen molar-refractivity contribution in [2.75, 3.05) is 0 Å². The van der Waals surface area contributed by atoms with E-state index in [-0.39, 0.29) is 1.43 Å². The number of hydrogen-bond acceptors (Lipinski definition) is 0. The van der Waals surface area contributed by atoms with E-state index in [0.717, 1.165) is 0 Å². The van der Waals surface area contributed by atoms with E-state index in [1.54, 1.807) is 0 Å². The lowest BCUT2D eigenvalue weighted by molar-refractivity contribution is 1.73. The molecule has 0 amide bonds. The standard InChI is InChI=1S/C18H15ClP/c19-20(16-10-4-1-5-11-16,17-12-6-2-7-13-17)18-14-8-3-9-15-18/h1-15H/q+1/p+1. The van der Waals surface area contributed by atoms with Crippen LogP contribution in [0, 0.1) is 0 Å². The van der Waals surface area contributed by atoms with Crippen LogP contribution in [-0.2, 0) is 0 Å². The van der Waals surface area contributed by atoms with Crippen molar-refractivity contribution in [3.8, 4) is 0 Å². The lowest BCUT2D eigenvalue weighted by atomic mass is 10.4. The van der Waals surface area contributed by atoms with Gasteiger partial charge in [-0.25, -0.2) is 0 Å². The van der Waals surface area contributed by atoms with Crippen molar-refractivity contribution < 1.29 is 1.43 Å². The quantitative estimate of drug-likeness (QED) is 0.634. The molecule has 2 heteroatoms. The van der Waals surface area contributed by atoms with Crippen LogP contribution >= 0.6 is 17.9 Å². The zero-order chi connectivity index (χ0) is 13.8. The Kier molecular flexibility index (Phi) is 3.87. The maximum atomic E-state index is 7.23. The van der Waals surface area contributed by atoms with Crippen LogP contribution in [0.5, 0.6) is 0 Å². The third-order valence-corrected chi connectivity index (χ3v) is 8.12. The van der Waals surface area contributed by atoms with E-state index in [4.69, 9.17) is 11.2 Å². The molecule has 0 heterocycles. The molecule has 3 aromatic rings. The maximum absolute atomic E-state index is 7.23. The Morgan fingerprint density at radius 1 is 0.500 bits per heavy atom. The van der Waals surface area contributed by atoms with Gasteiger partial charge >= 0.3 is 1.43 Å². The van der Waals surface area contributed by atoms with E-state index < -0.39 is 6.62 Å². The molecule has 98 valence electrons. The highest BCUT2D eigenvalue weighted by Gasteiger charge is 2.44. The minimum Gasteiger partial charge on any atom is -0.0620 e. The maximum Gasteiger partial charge on any atom is 1.00 e. The normalized spacial score (nSPS) is 11.2. The van der Waals surface area contributed by atoms with E-state index in [1.165, 1.54) is 15.9 Å². The molecule has 0 bridgehead atoms. The highest BCUT2D eigenvalue weighted by Crippen LogP contribution is 2.60. The Balaban J connectivity index is 0.00000161. The van der Waals surface area contributed by atoms with Crippen molar-refractivity contribution in [2.24, 2.45) is 0 Å². The van der Waals surface area contributed by atoms with Gasteiger partial charge in [0.15, 0.2) is 0 Å². The fraction of sp³-hybridized carbons (Fsp3) is 0. The topological polar surface area (TPSA) is 0 Å². The zero-order valence-corrected chi connectivity index (χ0v) is 12.6. The zero-order valence-electron chi connectivity index (χ0n) is 12.0. The average Bonchev–Trinajstić information content (AvgIpc) is 2.56. The number of benzene rings is 3. The van der Waals surface area contributed by atoms with Gasteiger partial charge in [0, 0.05) is 0 Å². The van der Waals surface area contributed by atoms with Gasteiger partial charge in [-0.05, 0) is 36.4 Å². The lowest BCUT2D eigenvalue weighted by Gasteiger charge is -2.18. The summed E-state index contributed by atoms with van der Waals surface area (Å²) in [5, 5.41) is 3.58. The van der Waals surface area contributed by atoms with Gasteiger partial charge in [0.25, 0.3) is 0 Å². The third kappa shape index (κ3) is 2.38. The second-order valence-electron chi connectivity index (χ2n) is 4.60. The van der Waals surface area contributed by atoms with Crippen molar-refractivity contribution in [1.29, 1.82) is 0 Å². The molecule has 0 aliphatic heterocycles. The Morgan fingerprint density at radius 3 is 1.00 bits per heavy atom. The van der Waals surface area contributed by atoms with Crippen molar-refractivity contribution in [1.82, 2.24) is 0 Å². The summed E-state index contributed by atoms with van der Waals surface area (Å²) >= 11 is 7.23. The van der Waals surface area contributed by atoms with Gasteiger partial charge in [0.1, 0.15) is 27.2 Å². The highest BCUT2D eigenvalue weighted by atomic mass is 35.7. The van der Waals surface area contributed by atoms with E-state index in [1.807, 2.05) is 18.2 Å². The van der Waals surface area contributed by atoms with E-state index in [0.29, 0.717) is 0 Å². The number of rotatable bonds is 3. The summed E-state index contributed by atoms with van der Waals surface area (Å²) in [5.41, 5.74) is 0. The molecule has 0 aromatic heterocycles. The first-order valence-electron chi connectivity index (χ1n) is 6.57. The van der Waals surface area contributed by atoms with Crippen LogP contribution in [0.2, 0.25) is 0 Å². The monoisotopic (exact) mass is 298 g/mol. The van der Waals surface area contributed by atoms with Crippen LogP contribution in [0.3, 0.4) is 0 Å². The molecule has 0 aliphatic rings. The SMILES string of the molecule is Cl[P+](c1ccccc1)(c1ccccc1)c1ccccc1.[H+]. The smallest absolute Gasteiger partial charge is 0.0620 e. The molecule has 3 aromatic carbocycles. The molecule has 0 N–H and O–H groups in total. The first-order chi connectivity index (χ1) is 9.82. The van der Waals surface area contributed by atoms with E-state index in [2.05, 4.69) is 72.8 Å². The molecular weight excluding hydrogens is 283 g/mol.